The molecule has 0 bridgehead atoms. The van der Waals surface area contributed by atoms with Crippen LogP contribution in [0.5, 0.6) is 0 Å². The molecular formula is C18H25N5O2. The van der Waals surface area contributed by atoms with Gasteiger partial charge in [-0.05, 0) is 45.1 Å². The van der Waals surface area contributed by atoms with E-state index in [2.05, 4.69) is 15.5 Å². The molecular weight excluding hydrogens is 318 g/mol. The summed E-state index contributed by atoms with van der Waals surface area (Å²) in [4.78, 5) is 24.5. The van der Waals surface area contributed by atoms with E-state index in [4.69, 9.17) is 0 Å². The molecule has 0 spiro atoms. The first-order chi connectivity index (χ1) is 12.0. The number of hydrogen-bond acceptors (Lipinski definition) is 4. The molecule has 1 N–H and O–H groups in total. The zero-order chi connectivity index (χ0) is 18.0. The highest BCUT2D eigenvalue weighted by Gasteiger charge is 2.15. The van der Waals surface area contributed by atoms with Gasteiger partial charge in [0.05, 0.1) is 11.4 Å². The summed E-state index contributed by atoms with van der Waals surface area (Å²) >= 11 is 0. The van der Waals surface area contributed by atoms with Crippen molar-refractivity contribution in [2.24, 2.45) is 7.05 Å². The van der Waals surface area contributed by atoms with Gasteiger partial charge in [0, 0.05) is 30.9 Å². The van der Waals surface area contributed by atoms with Crippen LogP contribution in [0.1, 0.15) is 47.5 Å². The Morgan fingerprint density at radius 3 is 2.68 bits per heavy atom. The van der Waals surface area contributed by atoms with Gasteiger partial charge in [-0.25, -0.2) is 4.68 Å². The number of amides is 1. The molecule has 0 aliphatic heterocycles. The van der Waals surface area contributed by atoms with Gasteiger partial charge >= 0.3 is 0 Å². The molecule has 0 saturated carbocycles. The Labute approximate surface area is 147 Å². The Bertz CT molecular complexity index is 850. The standard InChI is InChI=1S/C18H25N5O2/c1-12-15(13(2)22(3)20-12)10-19-17(24)11-23-18(25)9-14-7-5-4-6-8-16(14)21-23/h9H,4-8,10-11H2,1-3H3,(H,19,24). The van der Waals surface area contributed by atoms with Crippen molar-refractivity contribution in [3.63, 3.8) is 0 Å². The third kappa shape index (κ3) is 3.81. The average Bonchev–Trinajstić information content (AvgIpc) is 2.73. The molecule has 1 aliphatic rings. The lowest BCUT2D eigenvalue weighted by Crippen LogP contribution is -2.34. The van der Waals surface area contributed by atoms with Crippen molar-refractivity contribution < 1.29 is 4.79 Å². The van der Waals surface area contributed by atoms with E-state index in [9.17, 15) is 9.59 Å². The van der Waals surface area contributed by atoms with Crippen LogP contribution in [0, 0.1) is 13.8 Å². The number of rotatable bonds is 4. The number of carbonyl (C=O) groups excluding carboxylic acids is 1. The molecule has 3 rings (SSSR count). The molecule has 1 amide bonds. The molecule has 2 aromatic heterocycles. The van der Waals surface area contributed by atoms with Crippen molar-refractivity contribution in [3.8, 4) is 0 Å². The Kier molecular flexibility index (Phi) is 5.01. The smallest absolute Gasteiger partial charge is 0.267 e. The number of carbonyl (C=O) groups is 1. The van der Waals surface area contributed by atoms with Crippen molar-refractivity contribution in [1.29, 1.82) is 0 Å². The van der Waals surface area contributed by atoms with Crippen LogP contribution in [0.25, 0.3) is 0 Å². The summed E-state index contributed by atoms with van der Waals surface area (Å²) in [5.41, 5.74) is 4.74. The van der Waals surface area contributed by atoms with Gasteiger partial charge < -0.3 is 5.32 Å². The number of hydrogen-bond donors (Lipinski definition) is 1. The number of fused-ring (bicyclic) bond motifs is 1. The minimum atomic E-state index is -0.217. The highest BCUT2D eigenvalue weighted by molar-refractivity contribution is 5.75. The molecule has 0 atom stereocenters. The first kappa shape index (κ1) is 17.4. The number of nitrogens with zero attached hydrogens (tertiary/aromatic N) is 4. The molecule has 7 heteroatoms. The summed E-state index contributed by atoms with van der Waals surface area (Å²) in [6.07, 6.45) is 5.14. The summed E-state index contributed by atoms with van der Waals surface area (Å²) in [6, 6.07) is 1.65. The normalized spacial score (nSPS) is 14.0. The first-order valence-corrected chi connectivity index (χ1v) is 8.81. The van der Waals surface area contributed by atoms with Crippen LogP contribution >= 0.6 is 0 Å². The molecule has 0 saturated heterocycles. The van der Waals surface area contributed by atoms with Crippen LogP contribution in [-0.4, -0.2) is 25.5 Å². The van der Waals surface area contributed by atoms with E-state index in [-0.39, 0.29) is 18.0 Å². The Balaban J connectivity index is 1.69. The van der Waals surface area contributed by atoms with E-state index in [1.165, 1.54) is 4.68 Å². The molecule has 1 aliphatic carbocycles. The van der Waals surface area contributed by atoms with Crippen LogP contribution in [0.2, 0.25) is 0 Å². The van der Waals surface area contributed by atoms with Gasteiger partial charge in [-0.2, -0.15) is 10.2 Å². The van der Waals surface area contributed by atoms with Crippen molar-refractivity contribution >= 4 is 5.91 Å². The Hall–Kier alpha value is -2.44. The van der Waals surface area contributed by atoms with Crippen molar-refractivity contribution in [3.05, 3.63) is 44.6 Å². The Morgan fingerprint density at radius 1 is 1.20 bits per heavy atom. The fourth-order valence-electron chi connectivity index (χ4n) is 3.34. The zero-order valence-corrected chi connectivity index (χ0v) is 15.1. The van der Waals surface area contributed by atoms with E-state index >= 15 is 0 Å². The molecule has 0 radical (unpaired) electrons. The van der Waals surface area contributed by atoms with Crippen molar-refractivity contribution in [1.82, 2.24) is 24.9 Å². The van der Waals surface area contributed by atoms with Gasteiger partial charge in [0.25, 0.3) is 5.56 Å². The van der Waals surface area contributed by atoms with E-state index in [1.54, 1.807) is 10.7 Å². The fraction of sp³-hybridized carbons (Fsp3) is 0.556. The zero-order valence-electron chi connectivity index (χ0n) is 15.1. The van der Waals surface area contributed by atoms with Crippen LogP contribution in [0.3, 0.4) is 0 Å². The van der Waals surface area contributed by atoms with Gasteiger partial charge in [-0.15, -0.1) is 0 Å². The van der Waals surface area contributed by atoms with E-state index < -0.39 is 0 Å². The number of aryl methyl sites for hydroxylation is 4. The van der Waals surface area contributed by atoms with Crippen LogP contribution in [0.4, 0.5) is 0 Å². The number of nitrogens with one attached hydrogen (secondary N) is 1. The lowest BCUT2D eigenvalue weighted by Gasteiger charge is -2.10. The second-order valence-corrected chi connectivity index (χ2v) is 6.72. The predicted octanol–water partition coefficient (Wildman–Crippen LogP) is 1.18. The van der Waals surface area contributed by atoms with Crippen LogP contribution in [-0.2, 0) is 37.8 Å². The summed E-state index contributed by atoms with van der Waals surface area (Å²) in [6.45, 7) is 4.25. The molecule has 134 valence electrons. The van der Waals surface area contributed by atoms with E-state index in [0.29, 0.717) is 6.54 Å². The maximum Gasteiger partial charge on any atom is 0.267 e. The lowest BCUT2D eigenvalue weighted by molar-refractivity contribution is -0.122. The van der Waals surface area contributed by atoms with Gasteiger partial charge in [0.15, 0.2) is 0 Å². The predicted molar refractivity (Wildman–Crippen MR) is 94.3 cm³/mol. The summed E-state index contributed by atoms with van der Waals surface area (Å²) in [7, 11) is 1.88. The maximum atomic E-state index is 12.3. The minimum Gasteiger partial charge on any atom is -0.350 e. The molecule has 2 heterocycles. The van der Waals surface area contributed by atoms with Gasteiger partial charge in [-0.1, -0.05) is 6.42 Å². The summed E-state index contributed by atoms with van der Waals surface area (Å²) in [5.74, 6) is -0.217. The third-order valence-electron chi connectivity index (χ3n) is 4.94. The molecule has 0 unspecified atom stereocenters. The lowest BCUT2D eigenvalue weighted by atomic mass is 10.1. The number of aromatic nitrogens is 4. The van der Waals surface area contributed by atoms with Gasteiger partial charge in [-0.3, -0.25) is 14.3 Å². The van der Waals surface area contributed by atoms with Crippen molar-refractivity contribution in [2.75, 3.05) is 0 Å². The summed E-state index contributed by atoms with van der Waals surface area (Å²) in [5, 5.41) is 11.6. The highest BCUT2D eigenvalue weighted by atomic mass is 16.2. The minimum absolute atomic E-state index is 0.0511. The quantitative estimate of drug-likeness (QED) is 0.845. The molecule has 0 fully saturated rings. The second-order valence-electron chi connectivity index (χ2n) is 6.72. The van der Waals surface area contributed by atoms with Crippen LogP contribution in [0.15, 0.2) is 10.9 Å². The topological polar surface area (TPSA) is 81.8 Å². The van der Waals surface area contributed by atoms with E-state index in [0.717, 1.165) is 60.3 Å². The van der Waals surface area contributed by atoms with Gasteiger partial charge in [0.2, 0.25) is 5.91 Å². The van der Waals surface area contributed by atoms with Crippen molar-refractivity contribution in [2.45, 2.75) is 59.0 Å². The third-order valence-corrected chi connectivity index (χ3v) is 4.94. The van der Waals surface area contributed by atoms with E-state index in [1.807, 2.05) is 20.9 Å². The molecule has 25 heavy (non-hydrogen) atoms. The summed E-state index contributed by atoms with van der Waals surface area (Å²) < 4.78 is 3.08. The average molecular weight is 343 g/mol. The maximum absolute atomic E-state index is 12.3. The first-order valence-electron chi connectivity index (χ1n) is 8.81. The SMILES string of the molecule is Cc1nn(C)c(C)c1CNC(=O)Cn1nc2c(cc1=O)CCCCC2. The van der Waals surface area contributed by atoms with Gasteiger partial charge in [0.1, 0.15) is 6.54 Å². The highest BCUT2D eigenvalue weighted by Crippen LogP contribution is 2.16. The molecule has 2 aromatic rings. The largest absolute Gasteiger partial charge is 0.350 e. The molecule has 0 aromatic carbocycles. The Morgan fingerprint density at radius 2 is 1.96 bits per heavy atom. The van der Waals surface area contributed by atoms with Crippen LogP contribution < -0.4 is 10.9 Å². The monoisotopic (exact) mass is 343 g/mol. The second kappa shape index (κ2) is 7.21. The molecule has 7 nitrogen and oxygen atoms in total. The fourth-order valence-corrected chi connectivity index (χ4v) is 3.34.